The summed E-state index contributed by atoms with van der Waals surface area (Å²) in [5.41, 5.74) is 4.96. The Morgan fingerprint density at radius 2 is 1.95 bits per heavy atom. The zero-order valence-corrected chi connectivity index (χ0v) is 11.9. The van der Waals surface area contributed by atoms with Gasteiger partial charge in [0, 0.05) is 29.4 Å². The zero-order valence-electron chi connectivity index (χ0n) is 11.1. The Hall–Kier alpha value is -1.03. The largest absolute Gasteiger partial charge is 0.378 e. The quantitative estimate of drug-likeness (QED) is 0.831. The van der Waals surface area contributed by atoms with Crippen molar-refractivity contribution in [2.45, 2.75) is 6.92 Å². The van der Waals surface area contributed by atoms with Crippen LogP contribution in [-0.4, -0.2) is 39.5 Å². The molecular formula is C15H18ClNO2. The molecule has 1 saturated heterocycles. The molecule has 102 valence electrons. The molecular weight excluding hydrogens is 262 g/mol. The minimum Gasteiger partial charge on any atom is -0.378 e. The van der Waals surface area contributed by atoms with Gasteiger partial charge in [-0.25, -0.2) is 0 Å². The van der Waals surface area contributed by atoms with Crippen molar-refractivity contribution in [1.29, 1.82) is 0 Å². The van der Waals surface area contributed by atoms with Crippen LogP contribution in [0, 0.1) is 6.92 Å². The van der Waals surface area contributed by atoms with Gasteiger partial charge in [0.15, 0.2) is 0 Å². The van der Waals surface area contributed by atoms with Crippen LogP contribution in [0.2, 0.25) is 5.02 Å². The highest BCUT2D eigenvalue weighted by atomic mass is 35.5. The van der Waals surface area contributed by atoms with Crippen LogP contribution in [-0.2, 0) is 9.47 Å². The van der Waals surface area contributed by atoms with E-state index in [1.165, 1.54) is 22.4 Å². The molecule has 0 saturated carbocycles. The molecule has 4 heteroatoms. The number of benzene rings is 1. The fourth-order valence-corrected chi connectivity index (χ4v) is 3.03. The van der Waals surface area contributed by atoms with Gasteiger partial charge in [0.2, 0.25) is 0 Å². The normalized spacial score (nSPS) is 19.7. The van der Waals surface area contributed by atoms with Gasteiger partial charge in [0.05, 0.1) is 26.4 Å². The predicted molar refractivity (Wildman–Crippen MR) is 78.0 cm³/mol. The molecule has 0 aliphatic carbocycles. The minimum atomic E-state index is 0.678. The van der Waals surface area contributed by atoms with E-state index in [1.54, 1.807) is 0 Å². The van der Waals surface area contributed by atoms with Crippen molar-refractivity contribution >= 4 is 22.9 Å². The van der Waals surface area contributed by atoms with Gasteiger partial charge in [0.1, 0.15) is 0 Å². The first-order valence-corrected chi connectivity index (χ1v) is 7.03. The van der Waals surface area contributed by atoms with Crippen LogP contribution >= 0.6 is 11.6 Å². The van der Waals surface area contributed by atoms with Crippen molar-refractivity contribution in [2.75, 3.05) is 44.4 Å². The van der Waals surface area contributed by atoms with Gasteiger partial charge in [-0.2, -0.15) is 0 Å². The van der Waals surface area contributed by atoms with Crippen LogP contribution in [0.25, 0.3) is 5.57 Å². The number of nitrogens with zero attached hydrogens (tertiary/aromatic N) is 1. The van der Waals surface area contributed by atoms with E-state index >= 15 is 0 Å². The third kappa shape index (κ3) is 2.64. The molecule has 0 N–H and O–H groups in total. The fraction of sp³-hybridized carbons (Fsp3) is 0.467. The second kappa shape index (κ2) is 5.53. The summed E-state index contributed by atoms with van der Waals surface area (Å²) < 4.78 is 10.9. The maximum absolute atomic E-state index is 6.23. The van der Waals surface area contributed by atoms with Crippen LogP contribution in [0.5, 0.6) is 0 Å². The molecule has 2 aliphatic rings. The molecule has 2 heterocycles. The van der Waals surface area contributed by atoms with Gasteiger partial charge in [-0.15, -0.1) is 0 Å². The van der Waals surface area contributed by atoms with Crippen molar-refractivity contribution in [3.05, 3.63) is 34.4 Å². The maximum Gasteiger partial charge on any atom is 0.0725 e. The Bertz CT molecular complexity index is 507. The Morgan fingerprint density at radius 3 is 2.63 bits per heavy atom. The Labute approximate surface area is 118 Å². The highest BCUT2D eigenvalue weighted by Crippen LogP contribution is 2.35. The number of morpholine rings is 1. The highest BCUT2D eigenvalue weighted by Gasteiger charge is 2.21. The van der Waals surface area contributed by atoms with Crippen LogP contribution < -0.4 is 4.90 Å². The molecule has 0 aromatic heterocycles. The van der Waals surface area contributed by atoms with E-state index < -0.39 is 0 Å². The first-order valence-electron chi connectivity index (χ1n) is 6.65. The van der Waals surface area contributed by atoms with Crippen LogP contribution in [0.1, 0.15) is 11.1 Å². The van der Waals surface area contributed by atoms with E-state index in [1.807, 2.05) is 6.07 Å². The van der Waals surface area contributed by atoms with Crippen molar-refractivity contribution in [1.82, 2.24) is 0 Å². The lowest BCUT2D eigenvalue weighted by Gasteiger charge is -2.32. The molecule has 0 spiro atoms. The molecule has 1 fully saturated rings. The van der Waals surface area contributed by atoms with E-state index in [2.05, 4.69) is 24.0 Å². The summed E-state index contributed by atoms with van der Waals surface area (Å²) in [4.78, 5) is 2.39. The Kier molecular flexibility index (Phi) is 3.78. The number of rotatable bonds is 2. The molecule has 1 aromatic carbocycles. The maximum atomic E-state index is 6.23. The second-order valence-electron chi connectivity index (χ2n) is 4.96. The first kappa shape index (κ1) is 13.0. The van der Waals surface area contributed by atoms with Crippen LogP contribution in [0.3, 0.4) is 0 Å². The molecule has 0 amide bonds. The van der Waals surface area contributed by atoms with E-state index in [-0.39, 0.29) is 0 Å². The van der Waals surface area contributed by atoms with Crippen molar-refractivity contribution in [2.24, 2.45) is 0 Å². The Morgan fingerprint density at radius 1 is 1.16 bits per heavy atom. The van der Waals surface area contributed by atoms with Gasteiger partial charge in [-0.05, 0) is 30.2 Å². The monoisotopic (exact) mass is 279 g/mol. The van der Waals surface area contributed by atoms with Gasteiger partial charge in [-0.3, -0.25) is 0 Å². The van der Waals surface area contributed by atoms with E-state index in [4.69, 9.17) is 21.1 Å². The van der Waals surface area contributed by atoms with Gasteiger partial charge >= 0.3 is 0 Å². The Balaban J connectivity index is 2.04. The average molecular weight is 280 g/mol. The van der Waals surface area contributed by atoms with Gasteiger partial charge in [-0.1, -0.05) is 17.7 Å². The van der Waals surface area contributed by atoms with Gasteiger partial charge in [0.25, 0.3) is 0 Å². The highest BCUT2D eigenvalue weighted by molar-refractivity contribution is 6.31. The van der Waals surface area contributed by atoms with Crippen molar-refractivity contribution < 1.29 is 9.47 Å². The summed E-state index contributed by atoms with van der Waals surface area (Å²) in [6, 6.07) is 4.09. The second-order valence-corrected chi connectivity index (χ2v) is 5.40. The SMILES string of the molecule is Cc1cc(Cl)cc(C2=CCOC2)c1N1CCOCC1. The van der Waals surface area contributed by atoms with Crippen LogP contribution in [0.4, 0.5) is 5.69 Å². The third-order valence-electron chi connectivity index (χ3n) is 3.64. The molecule has 0 unspecified atom stereocenters. The summed E-state index contributed by atoms with van der Waals surface area (Å²) in [7, 11) is 0. The molecule has 19 heavy (non-hydrogen) atoms. The lowest BCUT2D eigenvalue weighted by atomic mass is 10.00. The number of ether oxygens (including phenoxy) is 2. The molecule has 2 aliphatic heterocycles. The summed E-state index contributed by atoms with van der Waals surface area (Å²) in [6.07, 6.45) is 2.15. The zero-order chi connectivity index (χ0) is 13.2. The summed E-state index contributed by atoms with van der Waals surface area (Å²) in [5.74, 6) is 0. The molecule has 1 aromatic rings. The smallest absolute Gasteiger partial charge is 0.0725 e. The summed E-state index contributed by atoms with van der Waals surface area (Å²) >= 11 is 6.23. The van der Waals surface area contributed by atoms with E-state index in [0.29, 0.717) is 13.2 Å². The first-order chi connectivity index (χ1) is 9.25. The lowest BCUT2D eigenvalue weighted by molar-refractivity contribution is 0.122. The molecule has 0 radical (unpaired) electrons. The topological polar surface area (TPSA) is 21.7 Å². The number of hydrogen-bond donors (Lipinski definition) is 0. The van der Waals surface area contributed by atoms with Crippen LogP contribution in [0.15, 0.2) is 18.2 Å². The number of aryl methyl sites for hydroxylation is 1. The average Bonchev–Trinajstić information content (AvgIpc) is 2.92. The predicted octanol–water partition coefficient (Wildman–Crippen LogP) is 2.90. The summed E-state index contributed by atoms with van der Waals surface area (Å²) in [6.45, 7) is 6.94. The molecule has 3 nitrogen and oxygen atoms in total. The van der Waals surface area contributed by atoms with Crippen molar-refractivity contribution in [3.63, 3.8) is 0 Å². The lowest BCUT2D eigenvalue weighted by Crippen LogP contribution is -2.37. The summed E-state index contributed by atoms with van der Waals surface area (Å²) in [5, 5.41) is 0.789. The van der Waals surface area contributed by atoms with E-state index in [9.17, 15) is 0 Å². The fourth-order valence-electron chi connectivity index (χ4n) is 2.76. The van der Waals surface area contributed by atoms with E-state index in [0.717, 1.165) is 31.3 Å². The minimum absolute atomic E-state index is 0.678. The molecule has 0 bridgehead atoms. The third-order valence-corrected chi connectivity index (χ3v) is 3.86. The number of halogens is 1. The van der Waals surface area contributed by atoms with Crippen molar-refractivity contribution in [3.8, 4) is 0 Å². The number of hydrogen-bond acceptors (Lipinski definition) is 3. The molecule has 0 atom stereocenters. The van der Waals surface area contributed by atoms with Gasteiger partial charge < -0.3 is 14.4 Å². The number of anilines is 1. The molecule has 3 rings (SSSR count). The standard InChI is InChI=1S/C15H18ClNO2/c1-11-8-13(16)9-14(12-2-5-19-10-12)15(11)17-3-6-18-7-4-17/h2,8-9H,3-7,10H2,1H3.